The summed E-state index contributed by atoms with van der Waals surface area (Å²) < 4.78 is 24.3. The number of benzene rings is 2. The van der Waals surface area contributed by atoms with E-state index in [0.29, 0.717) is 18.2 Å². The fourth-order valence-corrected chi connectivity index (χ4v) is 4.29. The summed E-state index contributed by atoms with van der Waals surface area (Å²) in [6.45, 7) is 4.20. The molecule has 2 rings (SSSR count). The molecule has 0 aliphatic heterocycles. The molecule has 2 aromatic carbocycles. The van der Waals surface area contributed by atoms with Gasteiger partial charge in [0.25, 0.3) is 0 Å². The smallest absolute Gasteiger partial charge is 0.357 e. The average molecular weight is 354 g/mol. The van der Waals surface area contributed by atoms with Crippen molar-refractivity contribution in [1.29, 1.82) is 0 Å². The highest BCUT2D eigenvalue weighted by atomic mass is 35.5. The van der Waals surface area contributed by atoms with Crippen molar-refractivity contribution in [2.75, 3.05) is 18.5 Å². The second-order valence-corrected chi connectivity index (χ2v) is 7.39. The van der Waals surface area contributed by atoms with Gasteiger partial charge in [0.15, 0.2) is 5.78 Å². The Kier molecular flexibility index (Phi) is 6.67. The van der Waals surface area contributed by atoms with E-state index in [9.17, 15) is 4.57 Å². The predicted octanol–water partition coefficient (Wildman–Crippen LogP) is 5.72. The van der Waals surface area contributed by atoms with E-state index in [1.807, 2.05) is 42.5 Å². The highest BCUT2D eigenvalue weighted by Crippen LogP contribution is 2.60. The number of anilines is 1. The molecule has 124 valence electrons. The Hall–Kier alpha value is -1.32. The summed E-state index contributed by atoms with van der Waals surface area (Å²) >= 11 is 5.96. The first-order chi connectivity index (χ1) is 11.1. The summed E-state index contributed by atoms with van der Waals surface area (Å²) in [5.74, 6) is -0.609. The third kappa shape index (κ3) is 4.82. The third-order valence-corrected chi connectivity index (χ3v) is 5.75. The molecule has 0 aliphatic carbocycles. The van der Waals surface area contributed by atoms with Crippen LogP contribution in [0, 0.1) is 0 Å². The van der Waals surface area contributed by atoms with Crippen LogP contribution in [0.2, 0.25) is 5.02 Å². The molecule has 2 aromatic rings. The van der Waals surface area contributed by atoms with Crippen LogP contribution in [0.15, 0.2) is 54.6 Å². The maximum absolute atomic E-state index is 13.3. The second kappa shape index (κ2) is 8.51. The van der Waals surface area contributed by atoms with Crippen molar-refractivity contribution in [2.24, 2.45) is 0 Å². The number of halogens is 1. The molecule has 0 bridgehead atoms. The molecule has 0 spiro atoms. The molecule has 0 saturated carbocycles. The highest BCUT2D eigenvalue weighted by molar-refractivity contribution is 7.54. The van der Waals surface area contributed by atoms with Gasteiger partial charge < -0.3 is 14.4 Å². The van der Waals surface area contributed by atoms with E-state index < -0.39 is 13.4 Å². The van der Waals surface area contributed by atoms with Crippen molar-refractivity contribution < 1.29 is 13.6 Å². The van der Waals surface area contributed by atoms with Gasteiger partial charge in [0.1, 0.15) is 0 Å². The molecular weight excluding hydrogens is 333 g/mol. The Morgan fingerprint density at radius 3 is 2.09 bits per heavy atom. The molecule has 0 unspecified atom stereocenters. The molecule has 0 heterocycles. The third-order valence-electron chi connectivity index (χ3n) is 3.20. The van der Waals surface area contributed by atoms with Crippen molar-refractivity contribution in [1.82, 2.24) is 0 Å². The van der Waals surface area contributed by atoms with Crippen LogP contribution in [0.1, 0.15) is 25.2 Å². The van der Waals surface area contributed by atoms with Crippen molar-refractivity contribution >= 4 is 24.9 Å². The van der Waals surface area contributed by atoms with Crippen molar-refractivity contribution in [3.8, 4) is 0 Å². The fraction of sp³-hybridized carbons (Fsp3) is 0.294. The Morgan fingerprint density at radius 2 is 1.57 bits per heavy atom. The summed E-state index contributed by atoms with van der Waals surface area (Å²) in [5.41, 5.74) is 1.63. The van der Waals surface area contributed by atoms with Gasteiger partial charge in [-0.05, 0) is 43.7 Å². The molecule has 0 saturated heterocycles. The second-order valence-electron chi connectivity index (χ2n) is 4.84. The van der Waals surface area contributed by atoms with E-state index in [2.05, 4.69) is 5.32 Å². The van der Waals surface area contributed by atoms with Gasteiger partial charge >= 0.3 is 7.60 Å². The monoisotopic (exact) mass is 353 g/mol. The molecule has 0 radical (unpaired) electrons. The van der Waals surface area contributed by atoms with Crippen LogP contribution in [-0.4, -0.2) is 13.2 Å². The summed E-state index contributed by atoms with van der Waals surface area (Å²) in [6.07, 6.45) is 0. The lowest BCUT2D eigenvalue weighted by molar-refractivity contribution is 0.214. The lowest BCUT2D eigenvalue weighted by Gasteiger charge is -2.28. The topological polar surface area (TPSA) is 47.6 Å². The molecule has 23 heavy (non-hydrogen) atoms. The lowest BCUT2D eigenvalue weighted by atomic mass is 10.2. The number of rotatable bonds is 8. The minimum absolute atomic E-state index is 0.303. The van der Waals surface area contributed by atoms with Crippen LogP contribution < -0.4 is 5.32 Å². The van der Waals surface area contributed by atoms with Crippen LogP contribution in [0.4, 0.5) is 5.69 Å². The van der Waals surface area contributed by atoms with Gasteiger partial charge in [-0.2, -0.15) is 0 Å². The maximum atomic E-state index is 13.3. The van der Waals surface area contributed by atoms with Crippen molar-refractivity contribution in [3.63, 3.8) is 0 Å². The zero-order valence-corrected chi connectivity index (χ0v) is 14.9. The van der Waals surface area contributed by atoms with Gasteiger partial charge in [0, 0.05) is 10.7 Å². The Bertz CT molecular complexity index is 639. The average Bonchev–Trinajstić information content (AvgIpc) is 2.55. The maximum Gasteiger partial charge on any atom is 0.357 e. The van der Waals surface area contributed by atoms with Gasteiger partial charge in [0.2, 0.25) is 0 Å². The van der Waals surface area contributed by atoms with Crippen LogP contribution in [0.5, 0.6) is 0 Å². The largest absolute Gasteiger partial charge is 0.368 e. The van der Waals surface area contributed by atoms with Crippen LogP contribution in [0.3, 0.4) is 0 Å². The highest BCUT2D eigenvalue weighted by Gasteiger charge is 2.37. The summed E-state index contributed by atoms with van der Waals surface area (Å²) in [4.78, 5) is 0. The van der Waals surface area contributed by atoms with E-state index in [1.54, 1.807) is 26.0 Å². The van der Waals surface area contributed by atoms with Crippen LogP contribution in [-0.2, 0) is 13.6 Å². The summed E-state index contributed by atoms with van der Waals surface area (Å²) in [6, 6.07) is 16.7. The van der Waals surface area contributed by atoms with Gasteiger partial charge in [-0.25, -0.2) is 0 Å². The molecule has 4 nitrogen and oxygen atoms in total. The van der Waals surface area contributed by atoms with E-state index in [-0.39, 0.29) is 0 Å². The molecule has 6 heteroatoms. The lowest BCUT2D eigenvalue weighted by Crippen LogP contribution is -2.15. The van der Waals surface area contributed by atoms with E-state index in [4.69, 9.17) is 20.6 Å². The molecule has 1 N–H and O–H groups in total. The summed E-state index contributed by atoms with van der Waals surface area (Å²) in [5, 5.41) is 3.89. The van der Waals surface area contributed by atoms with Crippen LogP contribution >= 0.6 is 19.2 Å². The zero-order valence-electron chi connectivity index (χ0n) is 13.2. The number of hydrogen-bond donors (Lipinski definition) is 1. The first-order valence-corrected chi connectivity index (χ1v) is 9.54. The van der Waals surface area contributed by atoms with Crippen LogP contribution in [0.25, 0.3) is 0 Å². The standard InChI is InChI=1S/C17H21ClNO3P/c1-3-21-23(20,22-4-2)17(14-10-12-15(18)13-11-14)19-16-8-6-5-7-9-16/h5-13,17,19H,3-4H2,1-2H3/t17-/m1/s1. The molecule has 1 atom stereocenters. The SMILES string of the molecule is CCOP(=O)(OCC)[C@@H](Nc1ccccc1)c1ccc(Cl)cc1. The number of para-hydroxylation sites is 1. The minimum atomic E-state index is -3.39. The predicted molar refractivity (Wildman–Crippen MR) is 95.1 cm³/mol. The Morgan fingerprint density at radius 1 is 1.00 bits per heavy atom. The zero-order chi connectivity index (χ0) is 16.7. The quantitative estimate of drug-likeness (QED) is 0.617. The van der Waals surface area contributed by atoms with Gasteiger partial charge in [0.05, 0.1) is 13.2 Å². The minimum Gasteiger partial charge on any atom is -0.368 e. The Balaban J connectivity index is 2.40. The summed E-state index contributed by atoms with van der Waals surface area (Å²) in [7, 11) is -3.39. The van der Waals surface area contributed by atoms with Gasteiger partial charge in [-0.3, -0.25) is 4.57 Å². The first kappa shape index (κ1) is 18.0. The van der Waals surface area contributed by atoms with Gasteiger partial charge in [-0.1, -0.05) is 41.9 Å². The van der Waals surface area contributed by atoms with Crippen molar-refractivity contribution in [2.45, 2.75) is 19.6 Å². The first-order valence-electron chi connectivity index (χ1n) is 7.55. The fourth-order valence-electron chi connectivity index (χ4n) is 2.23. The molecule has 0 aliphatic rings. The van der Waals surface area contributed by atoms with Gasteiger partial charge in [-0.15, -0.1) is 0 Å². The molecule has 0 aromatic heterocycles. The van der Waals surface area contributed by atoms with E-state index in [0.717, 1.165) is 11.3 Å². The molecular formula is C17H21ClNO3P. The molecule has 0 amide bonds. The normalized spacial score (nSPS) is 12.8. The number of hydrogen-bond acceptors (Lipinski definition) is 4. The number of nitrogens with one attached hydrogen (secondary N) is 1. The van der Waals surface area contributed by atoms with E-state index in [1.165, 1.54) is 0 Å². The Labute approximate surface area is 142 Å². The van der Waals surface area contributed by atoms with E-state index >= 15 is 0 Å². The molecule has 0 fully saturated rings. The van der Waals surface area contributed by atoms with Crippen molar-refractivity contribution in [3.05, 3.63) is 65.2 Å².